The van der Waals surface area contributed by atoms with Gasteiger partial charge in [-0.05, 0) is 6.07 Å². The van der Waals surface area contributed by atoms with Crippen molar-refractivity contribution in [1.82, 2.24) is 39.7 Å². The van der Waals surface area contributed by atoms with Crippen LogP contribution in [0.15, 0.2) is 49.4 Å². The fraction of sp³-hybridized carbons (Fsp3) is 0.320. The molecule has 0 N–H and O–H groups in total. The molecule has 0 saturated carbocycles. The van der Waals surface area contributed by atoms with Gasteiger partial charge in [0.2, 0.25) is 11.9 Å². The maximum absolute atomic E-state index is 13.3. The maximum atomic E-state index is 13.3. The molecule has 4 aromatic heterocycles. The third-order valence-corrected chi connectivity index (χ3v) is 5.74. The average molecular weight is 519 g/mol. The standard InChI is InChI=1S/C25H24F2N10O/c1-35-6-4-22(34-35)23-28-10-18(11-29-23)2-3-19-12-30-24(31-13-19)36-7-8-37(21(16-36)17-38-9-5-26)25-32-14-20(27)15-33-25/h4,6,10-15,21H,5,7-9,16-17H2,1H3/t21-/m1/s1. The molecule has 0 radical (unpaired) electrons. The highest BCUT2D eigenvalue weighted by atomic mass is 19.1. The summed E-state index contributed by atoms with van der Waals surface area (Å²) in [6.07, 6.45) is 10.7. The summed E-state index contributed by atoms with van der Waals surface area (Å²) < 4.78 is 33.0. The van der Waals surface area contributed by atoms with Crippen molar-refractivity contribution in [2.24, 2.45) is 7.05 Å². The molecular weight excluding hydrogens is 494 g/mol. The van der Waals surface area contributed by atoms with Gasteiger partial charge in [0.15, 0.2) is 11.6 Å². The van der Waals surface area contributed by atoms with E-state index < -0.39 is 12.5 Å². The van der Waals surface area contributed by atoms with E-state index in [9.17, 15) is 8.78 Å². The van der Waals surface area contributed by atoms with Gasteiger partial charge in [-0.2, -0.15) is 5.10 Å². The number of alkyl halides is 1. The second kappa shape index (κ2) is 11.7. The fourth-order valence-electron chi connectivity index (χ4n) is 3.92. The average Bonchev–Trinajstić information content (AvgIpc) is 3.39. The number of aromatic nitrogens is 8. The van der Waals surface area contributed by atoms with Crippen molar-refractivity contribution in [2.45, 2.75) is 6.04 Å². The molecule has 194 valence electrons. The monoisotopic (exact) mass is 518 g/mol. The van der Waals surface area contributed by atoms with Crippen LogP contribution < -0.4 is 9.80 Å². The van der Waals surface area contributed by atoms with Gasteiger partial charge in [0, 0.05) is 57.7 Å². The number of ether oxygens (including phenoxy) is 1. The molecule has 0 amide bonds. The zero-order valence-corrected chi connectivity index (χ0v) is 20.6. The summed E-state index contributed by atoms with van der Waals surface area (Å²) >= 11 is 0. The van der Waals surface area contributed by atoms with Crippen molar-refractivity contribution in [1.29, 1.82) is 0 Å². The first-order valence-corrected chi connectivity index (χ1v) is 11.9. The summed E-state index contributed by atoms with van der Waals surface area (Å²) in [6.45, 7) is 1.30. The Morgan fingerprint density at radius 3 is 2.21 bits per heavy atom. The Morgan fingerprint density at radius 2 is 1.58 bits per heavy atom. The lowest BCUT2D eigenvalue weighted by Gasteiger charge is -2.41. The van der Waals surface area contributed by atoms with Gasteiger partial charge in [-0.25, -0.2) is 38.7 Å². The highest BCUT2D eigenvalue weighted by Crippen LogP contribution is 2.20. The van der Waals surface area contributed by atoms with Crippen LogP contribution in [0.3, 0.4) is 0 Å². The van der Waals surface area contributed by atoms with Crippen LogP contribution in [0, 0.1) is 17.7 Å². The molecule has 0 spiro atoms. The molecule has 1 aliphatic rings. The Morgan fingerprint density at radius 1 is 0.921 bits per heavy atom. The number of anilines is 2. The van der Waals surface area contributed by atoms with E-state index in [-0.39, 0.29) is 19.3 Å². The molecular formula is C25H24F2N10O. The van der Waals surface area contributed by atoms with Crippen LogP contribution in [-0.2, 0) is 11.8 Å². The molecule has 4 aromatic rings. The van der Waals surface area contributed by atoms with E-state index in [2.05, 4.69) is 46.8 Å². The Bertz CT molecular complexity index is 1400. The second-order valence-corrected chi connectivity index (χ2v) is 8.45. The molecule has 11 nitrogen and oxygen atoms in total. The summed E-state index contributed by atoms with van der Waals surface area (Å²) in [5.74, 6) is 6.99. The molecule has 1 saturated heterocycles. The lowest BCUT2D eigenvalue weighted by Crippen LogP contribution is -2.56. The van der Waals surface area contributed by atoms with E-state index in [1.807, 2.05) is 29.1 Å². The van der Waals surface area contributed by atoms with Gasteiger partial charge in [0.1, 0.15) is 12.4 Å². The van der Waals surface area contributed by atoms with Crippen molar-refractivity contribution in [2.75, 3.05) is 49.3 Å². The second-order valence-electron chi connectivity index (χ2n) is 8.45. The molecule has 1 aliphatic heterocycles. The van der Waals surface area contributed by atoms with Crippen LogP contribution in [0.5, 0.6) is 0 Å². The number of rotatable bonds is 7. The molecule has 0 unspecified atom stereocenters. The molecule has 13 heteroatoms. The Balaban J connectivity index is 1.24. The lowest BCUT2D eigenvalue weighted by molar-refractivity contribution is 0.104. The molecule has 5 rings (SSSR count). The quantitative estimate of drug-likeness (QED) is 0.265. The maximum Gasteiger partial charge on any atom is 0.225 e. The van der Waals surface area contributed by atoms with E-state index in [0.29, 0.717) is 54.2 Å². The first-order chi connectivity index (χ1) is 18.6. The van der Waals surface area contributed by atoms with E-state index in [1.54, 1.807) is 29.5 Å². The van der Waals surface area contributed by atoms with Crippen LogP contribution in [0.1, 0.15) is 11.1 Å². The minimum atomic E-state index is -0.574. The zero-order chi connectivity index (χ0) is 26.3. The molecule has 0 bridgehead atoms. The van der Waals surface area contributed by atoms with Gasteiger partial charge in [0.25, 0.3) is 0 Å². The topological polar surface area (TPSA) is 111 Å². The van der Waals surface area contributed by atoms with Crippen molar-refractivity contribution in [3.8, 4) is 23.4 Å². The van der Waals surface area contributed by atoms with Gasteiger partial charge in [-0.15, -0.1) is 0 Å². The number of nitrogens with zero attached hydrogens (tertiary/aromatic N) is 10. The van der Waals surface area contributed by atoms with Crippen LogP contribution in [0.2, 0.25) is 0 Å². The predicted molar refractivity (Wildman–Crippen MR) is 134 cm³/mol. The number of piperazine rings is 1. The van der Waals surface area contributed by atoms with Crippen LogP contribution >= 0.6 is 0 Å². The van der Waals surface area contributed by atoms with Gasteiger partial charge in [-0.1, -0.05) is 11.8 Å². The Labute approximate surface area is 217 Å². The summed E-state index contributed by atoms with van der Waals surface area (Å²) in [6, 6.07) is 1.65. The number of hydrogen-bond donors (Lipinski definition) is 0. The van der Waals surface area contributed by atoms with Gasteiger partial charge in [-0.3, -0.25) is 4.68 Å². The molecule has 0 aliphatic carbocycles. The van der Waals surface area contributed by atoms with E-state index in [4.69, 9.17) is 4.74 Å². The first-order valence-electron chi connectivity index (χ1n) is 11.9. The van der Waals surface area contributed by atoms with Crippen molar-refractivity contribution in [3.63, 3.8) is 0 Å². The van der Waals surface area contributed by atoms with Gasteiger partial charge in [0.05, 0.1) is 42.8 Å². The SMILES string of the molecule is Cn1ccc(-c2ncc(C#Cc3cnc(N4CCN(c5ncc(F)cn5)[C@@H](COCCF)C4)nc3)cn2)n1. The molecule has 1 atom stereocenters. The number of hydrogen-bond acceptors (Lipinski definition) is 10. The predicted octanol–water partition coefficient (Wildman–Crippen LogP) is 1.68. The third-order valence-electron chi connectivity index (χ3n) is 5.74. The molecule has 0 aromatic carbocycles. The van der Waals surface area contributed by atoms with Crippen molar-refractivity contribution in [3.05, 3.63) is 66.4 Å². The normalized spacial score (nSPS) is 15.3. The summed E-state index contributed by atoms with van der Waals surface area (Å²) in [5.41, 5.74) is 1.99. The lowest BCUT2D eigenvalue weighted by atomic mass is 10.2. The fourth-order valence-corrected chi connectivity index (χ4v) is 3.92. The Kier molecular flexibility index (Phi) is 7.70. The minimum absolute atomic E-state index is 0.00457. The zero-order valence-electron chi connectivity index (χ0n) is 20.6. The van der Waals surface area contributed by atoms with E-state index in [0.717, 1.165) is 12.4 Å². The number of aryl methyl sites for hydroxylation is 1. The minimum Gasteiger partial charge on any atom is -0.377 e. The summed E-state index contributed by atoms with van der Waals surface area (Å²) in [7, 11) is 1.83. The van der Waals surface area contributed by atoms with E-state index >= 15 is 0 Å². The highest BCUT2D eigenvalue weighted by molar-refractivity contribution is 5.49. The van der Waals surface area contributed by atoms with Crippen LogP contribution in [0.25, 0.3) is 11.5 Å². The molecule has 38 heavy (non-hydrogen) atoms. The highest BCUT2D eigenvalue weighted by Gasteiger charge is 2.30. The smallest absolute Gasteiger partial charge is 0.225 e. The number of halogens is 2. The van der Waals surface area contributed by atoms with Crippen molar-refractivity contribution >= 4 is 11.9 Å². The van der Waals surface area contributed by atoms with E-state index in [1.165, 1.54) is 0 Å². The Hall–Kier alpha value is -4.57. The van der Waals surface area contributed by atoms with Gasteiger partial charge >= 0.3 is 0 Å². The first kappa shape index (κ1) is 25.1. The van der Waals surface area contributed by atoms with Gasteiger partial charge < -0.3 is 14.5 Å². The van der Waals surface area contributed by atoms with Crippen LogP contribution in [-0.4, -0.2) is 85.2 Å². The summed E-state index contributed by atoms with van der Waals surface area (Å²) in [5, 5.41) is 4.29. The van der Waals surface area contributed by atoms with Crippen LogP contribution in [0.4, 0.5) is 20.7 Å². The summed E-state index contributed by atoms with van der Waals surface area (Å²) in [4.78, 5) is 29.7. The molecule has 1 fully saturated rings. The largest absolute Gasteiger partial charge is 0.377 e. The molecule has 5 heterocycles. The third kappa shape index (κ3) is 6.04. The van der Waals surface area contributed by atoms with Crippen molar-refractivity contribution < 1.29 is 13.5 Å².